The molecule has 0 unspecified atom stereocenters. The van der Waals surface area contributed by atoms with Gasteiger partial charge in [-0.2, -0.15) is 0 Å². The molecule has 0 aliphatic rings. The van der Waals surface area contributed by atoms with E-state index in [2.05, 4.69) is 5.32 Å². The van der Waals surface area contributed by atoms with Gasteiger partial charge < -0.3 is 20.7 Å². The summed E-state index contributed by atoms with van der Waals surface area (Å²) in [6, 6.07) is 0. The molecule has 0 heterocycles. The number of amides is 2. The van der Waals surface area contributed by atoms with Gasteiger partial charge in [0.05, 0.1) is 13.1 Å². The van der Waals surface area contributed by atoms with E-state index in [0.29, 0.717) is 13.2 Å². The molecule has 0 aromatic rings. The number of hydrogen-bond acceptors (Lipinski definition) is 4. The topological polar surface area (TPSA) is 84.7 Å². The van der Waals surface area contributed by atoms with E-state index in [1.54, 1.807) is 14.2 Å². The maximum absolute atomic E-state index is 11.3. The van der Waals surface area contributed by atoms with Crippen LogP contribution in [0.15, 0.2) is 0 Å². The highest BCUT2D eigenvalue weighted by Gasteiger charge is 2.10. The second-order valence-corrected chi connectivity index (χ2v) is 3.15. The average Bonchev–Trinajstić information content (AvgIpc) is 2.23. The molecule has 88 valence electrons. The molecule has 0 aromatic carbocycles. The van der Waals surface area contributed by atoms with Crippen LogP contribution in [0.4, 0.5) is 0 Å². The van der Waals surface area contributed by atoms with Crippen molar-refractivity contribution in [3.05, 3.63) is 0 Å². The Morgan fingerprint density at radius 1 is 1.47 bits per heavy atom. The molecule has 0 aliphatic carbocycles. The molecule has 0 saturated heterocycles. The standard InChI is InChI=1S/C9H19N3O3/c1-12(9(14)6-10)7-8(13)11-4-3-5-15-2/h3-7,10H2,1-2H3,(H,11,13). The minimum absolute atomic E-state index is 0.0447. The van der Waals surface area contributed by atoms with Gasteiger partial charge in [-0.15, -0.1) is 0 Å². The number of nitrogens with zero attached hydrogens (tertiary/aromatic N) is 1. The lowest BCUT2D eigenvalue weighted by atomic mass is 10.4. The SMILES string of the molecule is COCCCNC(=O)CN(C)C(=O)CN. The lowest BCUT2D eigenvalue weighted by molar-refractivity contribution is -0.133. The molecule has 0 fully saturated rings. The van der Waals surface area contributed by atoms with Crippen molar-refractivity contribution in [2.75, 3.05) is 40.4 Å². The maximum Gasteiger partial charge on any atom is 0.239 e. The van der Waals surface area contributed by atoms with Crippen LogP contribution >= 0.6 is 0 Å². The Morgan fingerprint density at radius 2 is 2.13 bits per heavy atom. The monoisotopic (exact) mass is 217 g/mol. The molecule has 0 bridgehead atoms. The number of carbonyl (C=O) groups is 2. The van der Waals surface area contributed by atoms with Gasteiger partial charge >= 0.3 is 0 Å². The van der Waals surface area contributed by atoms with Crippen LogP contribution < -0.4 is 11.1 Å². The van der Waals surface area contributed by atoms with Crippen LogP contribution in [-0.2, 0) is 14.3 Å². The third-order valence-electron chi connectivity index (χ3n) is 1.83. The van der Waals surface area contributed by atoms with Gasteiger partial charge in [-0.25, -0.2) is 0 Å². The minimum atomic E-state index is -0.248. The number of ether oxygens (including phenoxy) is 1. The molecule has 0 rings (SSSR count). The van der Waals surface area contributed by atoms with Gasteiger partial charge in [0.15, 0.2) is 0 Å². The smallest absolute Gasteiger partial charge is 0.239 e. The van der Waals surface area contributed by atoms with Crippen molar-refractivity contribution in [1.82, 2.24) is 10.2 Å². The fourth-order valence-corrected chi connectivity index (χ4v) is 0.960. The van der Waals surface area contributed by atoms with E-state index < -0.39 is 0 Å². The van der Waals surface area contributed by atoms with Crippen LogP contribution in [0.5, 0.6) is 0 Å². The Balaban J connectivity index is 3.60. The summed E-state index contributed by atoms with van der Waals surface area (Å²) in [5.41, 5.74) is 5.15. The fourth-order valence-electron chi connectivity index (χ4n) is 0.960. The highest BCUT2D eigenvalue weighted by Crippen LogP contribution is 1.83. The zero-order chi connectivity index (χ0) is 11.7. The number of likely N-dealkylation sites (N-methyl/N-ethyl adjacent to an activating group) is 1. The summed E-state index contributed by atoms with van der Waals surface area (Å²) in [5.74, 6) is -0.433. The van der Waals surface area contributed by atoms with Gasteiger partial charge in [0.2, 0.25) is 11.8 Å². The Hall–Kier alpha value is -1.14. The maximum atomic E-state index is 11.3. The number of hydrogen-bond donors (Lipinski definition) is 2. The van der Waals surface area contributed by atoms with Crippen molar-refractivity contribution in [2.24, 2.45) is 5.73 Å². The van der Waals surface area contributed by atoms with Crippen molar-refractivity contribution in [3.8, 4) is 0 Å². The van der Waals surface area contributed by atoms with Gasteiger partial charge in [-0.05, 0) is 6.42 Å². The molecule has 0 spiro atoms. The predicted molar refractivity (Wildman–Crippen MR) is 56.2 cm³/mol. The van der Waals surface area contributed by atoms with E-state index in [1.165, 1.54) is 4.90 Å². The summed E-state index contributed by atoms with van der Waals surface area (Å²) < 4.78 is 4.83. The van der Waals surface area contributed by atoms with Crippen molar-refractivity contribution in [3.63, 3.8) is 0 Å². The first-order chi connectivity index (χ1) is 7.11. The summed E-state index contributed by atoms with van der Waals surface area (Å²) in [6.45, 7) is 1.13. The molecule has 2 amide bonds. The average molecular weight is 217 g/mol. The minimum Gasteiger partial charge on any atom is -0.385 e. The van der Waals surface area contributed by atoms with Crippen molar-refractivity contribution in [2.45, 2.75) is 6.42 Å². The molecule has 0 atom stereocenters. The molecular formula is C9H19N3O3. The zero-order valence-corrected chi connectivity index (χ0v) is 9.28. The van der Waals surface area contributed by atoms with Gasteiger partial charge in [0, 0.05) is 27.3 Å². The van der Waals surface area contributed by atoms with E-state index in [4.69, 9.17) is 10.5 Å². The van der Waals surface area contributed by atoms with E-state index in [0.717, 1.165) is 6.42 Å². The van der Waals surface area contributed by atoms with Crippen LogP contribution in [0.2, 0.25) is 0 Å². The van der Waals surface area contributed by atoms with Crippen LogP contribution in [0.3, 0.4) is 0 Å². The zero-order valence-electron chi connectivity index (χ0n) is 9.28. The summed E-state index contributed by atoms with van der Waals surface area (Å²) in [6.07, 6.45) is 0.761. The normalized spacial score (nSPS) is 9.80. The molecule has 0 aliphatic heterocycles. The highest BCUT2D eigenvalue weighted by molar-refractivity contribution is 5.85. The van der Waals surface area contributed by atoms with E-state index in [1.807, 2.05) is 0 Å². The first kappa shape index (κ1) is 13.9. The fraction of sp³-hybridized carbons (Fsp3) is 0.778. The van der Waals surface area contributed by atoms with Crippen LogP contribution in [0.1, 0.15) is 6.42 Å². The predicted octanol–water partition coefficient (Wildman–Crippen LogP) is -1.44. The summed E-state index contributed by atoms with van der Waals surface area (Å²) >= 11 is 0. The largest absolute Gasteiger partial charge is 0.385 e. The second-order valence-electron chi connectivity index (χ2n) is 3.15. The number of nitrogens with two attached hydrogens (primary N) is 1. The Bertz CT molecular complexity index is 209. The van der Waals surface area contributed by atoms with E-state index in [9.17, 15) is 9.59 Å². The lowest BCUT2D eigenvalue weighted by Crippen LogP contribution is -2.41. The molecule has 6 nitrogen and oxygen atoms in total. The molecule has 0 aromatic heterocycles. The Labute approximate surface area is 89.7 Å². The lowest BCUT2D eigenvalue weighted by Gasteiger charge is -2.15. The summed E-state index contributed by atoms with van der Waals surface area (Å²) in [5, 5.41) is 2.67. The third-order valence-corrected chi connectivity index (χ3v) is 1.83. The molecule has 0 saturated carbocycles. The second kappa shape index (κ2) is 8.19. The van der Waals surface area contributed by atoms with Crippen LogP contribution in [0, 0.1) is 0 Å². The molecule has 15 heavy (non-hydrogen) atoms. The van der Waals surface area contributed by atoms with Crippen LogP contribution in [0.25, 0.3) is 0 Å². The number of methoxy groups -OCH3 is 1. The van der Waals surface area contributed by atoms with Gasteiger partial charge in [0.1, 0.15) is 0 Å². The van der Waals surface area contributed by atoms with Gasteiger partial charge in [0.25, 0.3) is 0 Å². The van der Waals surface area contributed by atoms with Crippen LogP contribution in [-0.4, -0.2) is 57.1 Å². The third kappa shape index (κ3) is 6.87. The van der Waals surface area contributed by atoms with Crippen molar-refractivity contribution < 1.29 is 14.3 Å². The summed E-state index contributed by atoms with van der Waals surface area (Å²) in [4.78, 5) is 23.6. The quantitative estimate of drug-likeness (QED) is 0.511. The first-order valence-corrected chi connectivity index (χ1v) is 4.81. The number of nitrogens with one attached hydrogen (secondary N) is 1. The van der Waals surface area contributed by atoms with Gasteiger partial charge in [-0.3, -0.25) is 9.59 Å². The Morgan fingerprint density at radius 3 is 2.67 bits per heavy atom. The van der Waals surface area contributed by atoms with E-state index >= 15 is 0 Å². The number of rotatable bonds is 7. The van der Waals surface area contributed by atoms with Crippen molar-refractivity contribution in [1.29, 1.82) is 0 Å². The molecule has 6 heteroatoms. The summed E-state index contributed by atoms with van der Waals surface area (Å²) in [7, 11) is 3.15. The van der Waals surface area contributed by atoms with Gasteiger partial charge in [-0.1, -0.05) is 0 Å². The molecule has 3 N–H and O–H groups in total. The highest BCUT2D eigenvalue weighted by atomic mass is 16.5. The van der Waals surface area contributed by atoms with Crippen molar-refractivity contribution >= 4 is 11.8 Å². The molecule has 0 radical (unpaired) electrons. The van der Waals surface area contributed by atoms with E-state index in [-0.39, 0.29) is 24.9 Å². The number of carbonyl (C=O) groups excluding carboxylic acids is 2. The molecular weight excluding hydrogens is 198 g/mol. The Kier molecular flexibility index (Phi) is 7.57. The first-order valence-electron chi connectivity index (χ1n) is 4.81.